The molecule has 1 fully saturated rings. The van der Waals surface area contributed by atoms with Crippen LogP contribution in [0.15, 0.2) is 42.5 Å². The maximum absolute atomic E-state index is 12.8. The SMILES string of the molecule is O=C(NCc1cc(Cl)c2c(c1)OCCCO2)C1CNNC1c1ccccc1. The van der Waals surface area contributed by atoms with E-state index in [9.17, 15) is 4.79 Å². The van der Waals surface area contributed by atoms with Crippen molar-refractivity contribution < 1.29 is 14.3 Å². The highest BCUT2D eigenvalue weighted by Gasteiger charge is 2.33. The molecule has 27 heavy (non-hydrogen) atoms. The Morgan fingerprint density at radius 2 is 2.00 bits per heavy atom. The first-order valence-electron chi connectivity index (χ1n) is 9.11. The van der Waals surface area contributed by atoms with Gasteiger partial charge in [-0.15, -0.1) is 0 Å². The Kier molecular flexibility index (Phi) is 5.48. The predicted molar refractivity (Wildman–Crippen MR) is 103 cm³/mol. The molecule has 0 aromatic heterocycles. The molecule has 2 aromatic rings. The van der Waals surface area contributed by atoms with Gasteiger partial charge < -0.3 is 14.8 Å². The molecule has 1 amide bonds. The van der Waals surface area contributed by atoms with Crippen LogP contribution in [0.5, 0.6) is 11.5 Å². The third-order valence-electron chi connectivity index (χ3n) is 4.81. The molecule has 0 radical (unpaired) electrons. The quantitative estimate of drug-likeness (QED) is 0.752. The first kappa shape index (κ1) is 18.1. The average molecular weight is 388 g/mol. The van der Waals surface area contributed by atoms with Gasteiger partial charge in [-0.2, -0.15) is 0 Å². The van der Waals surface area contributed by atoms with Crippen LogP contribution in [0.3, 0.4) is 0 Å². The first-order valence-corrected chi connectivity index (χ1v) is 9.49. The molecule has 2 aliphatic heterocycles. The summed E-state index contributed by atoms with van der Waals surface area (Å²) in [7, 11) is 0. The lowest BCUT2D eigenvalue weighted by atomic mass is 9.94. The molecule has 7 heteroatoms. The summed E-state index contributed by atoms with van der Waals surface area (Å²) < 4.78 is 11.4. The summed E-state index contributed by atoms with van der Waals surface area (Å²) in [6, 6.07) is 13.6. The molecular weight excluding hydrogens is 366 g/mol. The molecule has 1 saturated heterocycles. The van der Waals surface area contributed by atoms with Crippen molar-refractivity contribution >= 4 is 17.5 Å². The summed E-state index contributed by atoms with van der Waals surface area (Å²) in [5, 5.41) is 3.52. The van der Waals surface area contributed by atoms with Gasteiger partial charge in [0, 0.05) is 19.5 Å². The van der Waals surface area contributed by atoms with Crippen molar-refractivity contribution in [2.75, 3.05) is 19.8 Å². The lowest BCUT2D eigenvalue weighted by Crippen LogP contribution is -2.34. The van der Waals surface area contributed by atoms with E-state index in [0.717, 1.165) is 17.5 Å². The van der Waals surface area contributed by atoms with E-state index in [1.165, 1.54) is 0 Å². The molecule has 2 aliphatic rings. The lowest BCUT2D eigenvalue weighted by Gasteiger charge is -2.19. The third kappa shape index (κ3) is 4.03. The molecule has 2 unspecified atom stereocenters. The summed E-state index contributed by atoms with van der Waals surface area (Å²) in [5.74, 6) is 1.01. The second kappa shape index (κ2) is 8.17. The van der Waals surface area contributed by atoms with Gasteiger partial charge in [-0.1, -0.05) is 41.9 Å². The Morgan fingerprint density at radius 3 is 2.85 bits per heavy atom. The number of carbonyl (C=O) groups excluding carboxylic acids is 1. The smallest absolute Gasteiger partial charge is 0.226 e. The topological polar surface area (TPSA) is 71.6 Å². The lowest BCUT2D eigenvalue weighted by molar-refractivity contribution is -0.125. The number of carbonyl (C=O) groups is 1. The van der Waals surface area contributed by atoms with Crippen LogP contribution in [0.1, 0.15) is 23.6 Å². The van der Waals surface area contributed by atoms with E-state index in [1.54, 1.807) is 0 Å². The van der Waals surface area contributed by atoms with Crippen LogP contribution >= 0.6 is 11.6 Å². The molecule has 2 atom stereocenters. The average Bonchev–Trinajstić information content (AvgIpc) is 3.06. The van der Waals surface area contributed by atoms with Gasteiger partial charge in [-0.05, 0) is 23.3 Å². The Balaban J connectivity index is 1.43. The summed E-state index contributed by atoms with van der Waals surface area (Å²) in [4.78, 5) is 12.8. The van der Waals surface area contributed by atoms with Crippen LogP contribution in [0.2, 0.25) is 5.02 Å². The summed E-state index contributed by atoms with van der Waals surface area (Å²) in [6.07, 6.45) is 0.819. The van der Waals surface area contributed by atoms with Crippen molar-refractivity contribution in [3.63, 3.8) is 0 Å². The fraction of sp³-hybridized carbons (Fsp3) is 0.350. The molecule has 0 spiro atoms. The number of hydrogen-bond acceptors (Lipinski definition) is 5. The van der Waals surface area contributed by atoms with Crippen LogP contribution in [-0.2, 0) is 11.3 Å². The Labute approximate surface area is 163 Å². The minimum Gasteiger partial charge on any atom is -0.489 e. The normalized spacial score (nSPS) is 21.5. The predicted octanol–water partition coefficient (Wildman–Crippen LogP) is 2.58. The number of hydrogen-bond donors (Lipinski definition) is 3. The summed E-state index contributed by atoms with van der Waals surface area (Å²) in [6.45, 7) is 2.14. The van der Waals surface area contributed by atoms with Gasteiger partial charge in [0.2, 0.25) is 5.91 Å². The second-order valence-electron chi connectivity index (χ2n) is 6.69. The second-order valence-corrected chi connectivity index (χ2v) is 7.10. The van der Waals surface area contributed by atoms with Gasteiger partial charge in [0.1, 0.15) is 0 Å². The van der Waals surface area contributed by atoms with Gasteiger partial charge in [0.05, 0.1) is 30.2 Å². The number of hydrazine groups is 1. The van der Waals surface area contributed by atoms with E-state index >= 15 is 0 Å². The van der Waals surface area contributed by atoms with Gasteiger partial charge >= 0.3 is 0 Å². The van der Waals surface area contributed by atoms with E-state index in [2.05, 4.69) is 16.2 Å². The molecule has 4 rings (SSSR count). The summed E-state index contributed by atoms with van der Waals surface area (Å²) >= 11 is 6.33. The van der Waals surface area contributed by atoms with Crippen molar-refractivity contribution in [1.82, 2.24) is 16.2 Å². The van der Waals surface area contributed by atoms with Crippen molar-refractivity contribution in [3.8, 4) is 11.5 Å². The maximum Gasteiger partial charge on any atom is 0.226 e. The standard InChI is InChI=1S/C20H22ClN3O3/c21-16-9-13(10-17-19(16)27-8-4-7-26-17)11-22-20(25)15-12-23-24-18(15)14-5-2-1-3-6-14/h1-3,5-6,9-10,15,18,23-24H,4,7-8,11-12H2,(H,22,25). The summed E-state index contributed by atoms with van der Waals surface area (Å²) in [5.41, 5.74) is 8.25. The number of nitrogens with one attached hydrogen (secondary N) is 3. The van der Waals surface area contributed by atoms with Crippen LogP contribution in [-0.4, -0.2) is 25.7 Å². The Hall–Kier alpha value is -2.28. The molecule has 0 aliphatic carbocycles. The molecule has 3 N–H and O–H groups in total. The van der Waals surface area contributed by atoms with Crippen LogP contribution in [0.25, 0.3) is 0 Å². The number of amides is 1. The molecule has 2 heterocycles. The number of ether oxygens (including phenoxy) is 2. The van der Waals surface area contributed by atoms with Crippen molar-refractivity contribution in [2.45, 2.75) is 19.0 Å². The highest BCUT2D eigenvalue weighted by molar-refractivity contribution is 6.32. The van der Waals surface area contributed by atoms with E-state index in [-0.39, 0.29) is 17.9 Å². The molecular formula is C20H22ClN3O3. The van der Waals surface area contributed by atoms with Gasteiger partial charge in [-0.25, -0.2) is 5.43 Å². The van der Waals surface area contributed by atoms with Crippen LogP contribution in [0, 0.1) is 5.92 Å². The van der Waals surface area contributed by atoms with E-state index in [0.29, 0.717) is 42.8 Å². The molecule has 6 nitrogen and oxygen atoms in total. The molecule has 142 valence electrons. The van der Waals surface area contributed by atoms with E-state index in [1.807, 2.05) is 42.5 Å². The van der Waals surface area contributed by atoms with Gasteiger partial charge in [0.25, 0.3) is 0 Å². The van der Waals surface area contributed by atoms with Gasteiger partial charge in [-0.3, -0.25) is 10.2 Å². The molecule has 0 saturated carbocycles. The zero-order chi connectivity index (χ0) is 18.6. The fourth-order valence-corrected chi connectivity index (χ4v) is 3.71. The number of fused-ring (bicyclic) bond motifs is 1. The highest BCUT2D eigenvalue weighted by Crippen LogP contribution is 2.38. The van der Waals surface area contributed by atoms with E-state index in [4.69, 9.17) is 21.1 Å². The van der Waals surface area contributed by atoms with Crippen molar-refractivity contribution in [3.05, 3.63) is 58.6 Å². The Bertz CT molecular complexity index is 816. The highest BCUT2D eigenvalue weighted by atomic mass is 35.5. The fourth-order valence-electron chi connectivity index (χ4n) is 3.42. The first-order chi connectivity index (χ1) is 13.2. The monoisotopic (exact) mass is 387 g/mol. The van der Waals surface area contributed by atoms with E-state index < -0.39 is 0 Å². The van der Waals surface area contributed by atoms with Crippen molar-refractivity contribution in [1.29, 1.82) is 0 Å². The zero-order valence-corrected chi connectivity index (χ0v) is 15.6. The zero-order valence-electron chi connectivity index (χ0n) is 14.8. The number of rotatable bonds is 4. The molecule has 0 bridgehead atoms. The minimum atomic E-state index is -0.191. The third-order valence-corrected chi connectivity index (χ3v) is 5.09. The van der Waals surface area contributed by atoms with Crippen LogP contribution < -0.4 is 25.6 Å². The van der Waals surface area contributed by atoms with Crippen LogP contribution in [0.4, 0.5) is 0 Å². The Morgan fingerprint density at radius 1 is 1.19 bits per heavy atom. The molecule has 2 aromatic carbocycles. The maximum atomic E-state index is 12.8. The van der Waals surface area contributed by atoms with Crippen molar-refractivity contribution in [2.24, 2.45) is 5.92 Å². The minimum absolute atomic E-state index is 0.00964. The number of halogens is 1. The largest absolute Gasteiger partial charge is 0.489 e. The van der Waals surface area contributed by atoms with Gasteiger partial charge in [0.15, 0.2) is 11.5 Å². The number of benzene rings is 2.